The molecule has 0 unspecified atom stereocenters. The first kappa shape index (κ1) is 18.3. The van der Waals surface area contributed by atoms with Gasteiger partial charge in [0, 0.05) is 12.8 Å². The van der Waals surface area contributed by atoms with Crippen LogP contribution in [0.2, 0.25) is 0 Å². The van der Waals surface area contributed by atoms with E-state index in [1.54, 1.807) is 0 Å². The molecule has 4 heteroatoms. The van der Waals surface area contributed by atoms with Crippen LogP contribution in [0.1, 0.15) is 53.9 Å². The topological polar surface area (TPSA) is 52.6 Å². The van der Waals surface area contributed by atoms with Crippen LogP contribution in [0.25, 0.3) is 0 Å². The zero-order valence-corrected chi connectivity index (χ0v) is 11.7. The number of carbonyl (C=O) groups excluding carboxylic acids is 2. The monoisotopic (exact) mass is 246 g/mol. The molecule has 0 heterocycles. The van der Waals surface area contributed by atoms with Gasteiger partial charge in [-0.1, -0.05) is 20.8 Å². The van der Waals surface area contributed by atoms with Crippen molar-refractivity contribution in [3.8, 4) is 0 Å². The average molecular weight is 246 g/mol. The van der Waals surface area contributed by atoms with Gasteiger partial charge in [-0.2, -0.15) is 0 Å². The number of carbonyl (C=O) groups is 2. The van der Waals surface area contributed by atoms with Crippen molar-refractivity contribution in [1.82, 2.24) is 0 Å². The summed E-state index contributed by atoms with van der Waals surface area (Å²) in [5.41, 5.74) is 0. The predicted octanol–water partition coefficient (Wildman–Crippen LogP) is 2.95. The van der Waals surface area contributed by atoms with Gasteiger partial charge in [-0.25, -0.2) is 0 Å². The van der Waals surface area contributed by atoms with Gasteiger partial charge in [0.05, 0.1) is 13.2 Å². The Bertz CT molecular complexity index is 192. The van der Waals surface area contributed by atoms with E-state index in [4.69, 9.17) is 4.74 Å². The Morgan fingerprint density at radius 3 is 1.76 bits per heavy atom. The van der Waals surface area contributed by atoms with E-state index in [-0.39, 0.29) is 11.9 Å². The molecule has 0 rings (SSSR count). The minimum Gasteiger partial charge on any atom is -0.466 e. The molecular formula is C13H26O4. The Morgan fingerprint density at radius 2 is 1.41 bits per heavy atom. The summed E-state index contributed by atoms with van der Waals surface area (Å²) in [7, 11) is 0. The van der Waals surface area contributed by atoms with Gasteiger partial charge in [-0.05, 0) is 26.2 Å². The predicted molar refractivity (Wildman–Crippen MR) is 67.6 cm³/mol. The summed E-state index contributed by atoms with van der Waals surface area (Å²) in [6.07, 6.45) is 1.96. The minimum absolute atomic E-state index is 0.0880. The van der Waals surface area contributed by atoms with E-state index >= 15 is 0 Å². The second-order valence-corrected chi connectivity index (χ2v) is 3.96. The lowest BCUT2D eigenvalue weighted by atomic mass is 10.1. The first-order valence-corrected chi connectivity index (χ1v) is 6.29. The average Bonchev–Trinajstić information content (AvgIpc) is 2.18. The molecule has 0 aromatic heterocycles. The van der Waals surface area contributed by atoms with Crippen molar-refractivity contribution in [2.45, 2.75) is 53.9 Å². The van der Waals surface area contributed by atoms with E-state index in [0.29, 0.717) is 32.0 Å². The van der Waals surface area contributed by atoms with E-state index < -0.39 is 0 Å². The standard InChI is InChI=1S/C7H14O2.C6H12O2/c1-4-9-7(8)5-6(2)3;1-3-5-6(7)8-4-2/h6H,4-5H2,1-3H3;3-5H2,1-2H3. The van der Waals surface area contributed by atoms with Gasteiger partial charge < -0.3 is 9.47 Å². The number of ether oxygens (including phenoxy) is 2. The maximum Gasteiger partial charge on any atom is 0.306 e. The number of hydrogen-bond acceptors (Lipinski definition) is 4. The normalized spacial score (nSPS) is 9.29. The molecule has 0 fully saturated rings. The van der Waals surface area contributed by atoms with Gasteiger partial charge in [0.15, 0.2) is 0 Å². The number of rotatable bonds is 6. The van der Waals surface area contributed by atoms with Gasteiger partial charge in [-0.15, -0.1) is 0 Å². The van der Waals surface area contributed by atoms with Gasteiger partial charge >= 0.3 is 11.9 Å². The molecule has 0 aromatic carbocycles. The summed E-state index contributed by atoms with van der Waals surface area (Å²) in [5, 5.41) is 0. The van der Waals surface area contributed by atoms with Crippen molar-refractivity contribution in [2.24, 2.45) is 5.92 Å². The molecule has 0 saturated heterocycles. The second kappa shape index (κ2) is 13.0. The molecule has 0 spiro atoms. The Hall–Kier alpha value is -1.06. The summed E-state index contributed by atoms with van der Waals surface area (Å²) >= 11 is 0. The molecule has 0 radical (unpaired) electrons. The van der Waals surface area contributed by atoms with Crippen LogP contribution in [-0.2, 0) is 19.1 Å². The van der Waals surface area contributed by atoms with E-state index in [9.17, 15) is 9.59 Å². The summed E-state index contributed by atoms with van der Waals surface area (Å²) < 4.78 is 9.36. The zero-order chi connectivity index (χ0) is 13.7. The molecule has 0 atom stereocenters. The molecule has 0 aliphatic carbocycles. The Kier molecular flexibility index (Phi) is 14.0. The summed E-state index contributed by atoms with van der Waals surface area (Å²) in [6, 6.07) is 0. The largest absolute Gasteiger partial charge is 0.466 e. The lowest BCUT2D eigenvalue weighted by molar-refractivity contribution is -0.144. The van der Waals surface area contributed by atoms with Crippen LogP contribution in [0.4, 0.5) is 0 Å². The fraction of sp³-hybridized carbons (Fsp3) is 0.846. The van der Waals surface area contributed by atoms with E-state index in [1.807, 2.05) is 34.6 Å². The van der Waals surface area contributed by atoms with Crippen LogP contribution in [0.5, 0.6) is 0 Å². The fourth-order valence-corrected chi connectivity index (χ4v) is 0.991. The number of hydrogen-bond donors (Lipinski definition) is 0. The summed E-state index contributed by atoms with van der Waals surface area (Å²) in [6.45, 7) is 10.6. The van der Waals surface area contributed by atoms with Crippen molar-refractivity contribution in [2.75, 3.05) is 13.2 Å². The Balaban J connectivity index is 0. The molecule has 0 aliphatic heterocycles. The highest BCUT2D eigenvalue weighted by molar-refractivity contribution is 5.69. The van der Waals surface area contributed by atoms with Crippen LogP contribution < -0.4 is 0 Å². The highest BCUT2D eigenvalue weighted by Gasteiger charge is 2.03. The molecule has 0 amide bonds. The van der Waals surface area contributed by atoms with Crippen molar-refractivity contribution in [3.63, 3.8) is 0 Å². The fourth-order valence-electron chi connectivity index (χ4n) is 0.991. The van der Waals surface area contributed by atoms with Crippen LogP contribution in [0.3, 0.4) is 0 Å². The highest BCUT2D eigenvalue weighted by atomic mass is 16.5. The summed E-state index contributed by atoms with van der Waals surface area (Å²) in [5.74, 6) is 0.228. The van der Waals surface area contributed by atoms with Gasteiger partial charge in [-0.3, -0.25) is 9.59 Å². The quantitative estimate of drug-likeness (QED) is 0.676. The lowest BCUT2D eigenvalue weighted by Crippen LogP contribution is -2.06. The molecule has 0 bridgehead atoms. The third-order valence-corrected chi connectivity index (χ3v) is 1.64. The molecule has 0 aromatic rings. The molecule has 0 N–H and O–H groups in total. The van der Waals surface area contributed by atoms with E-state index in [2.05, 4.69) is 4.74 Å². The van der Waals surface area contributed by atoms with Crippen molar-refractivity contribution in [1.29, 1.82) is 0 Å². The van der Waals surface area contributed by atoms with Crippen LogP contribution in [0, 0.1) is 5.92 Å². The third kappa shape index (κ3) is 17.5. The Morgan fingerprint density at radius 1 is 0.941 bits per heavy atom. The molecule has 102 valence electrons. The van der Waals surface area contributed by atoms with Gasteiger partial charge in [0.25, 0.3) is 0 Å². The van der Waals surface area contributed by atoms with Crippen molar-refractivity contribution >= 4 is 11.9 Å². The maximum absolute atomic E-state index is 10.6. The zero-order valence-electron chi connectivity index (χ0n) is 11.7. The first-order chi connectivity index (χ1) is 7.97. The Labute approximate surface area is 105 Å². The van der Waals surface area contributed by atoms with Crippen LogP contribution in [-0.4, -0.2) is 25.2 Å². The SMILES string of the molecule is CCCC(=O)OCC.CCOC(=O)CC(C)C. The highest BCUT2D eigenvalue weighted by Crippen LogP contribution is 1.99. The van der Waals surface area contributed by atoms with Crippen LogP contribution >= 0.6 is 0 Å². The van der Waals surface area contributed by atoms with Crippen molar-refractivity contribution < 1.29 is 19.1 Å². The lowest BCUT2D eigenvalue weighted by Gasteiger charge is -2.02. The van der Waals surface area contributed by atoms with Gasteiger partial charge in [0.2, 0.25) is 0 Å². The minimum atomic E-state index is -0.0903. The number of esters is 2. The van der Waals surface area contributed by atoms with Crippen LogP contribution in [0.15, 0.2) is 0 Å². The smallest absolute Gasteiger partial charge is 0.306 e. The molecule has 0 aliphatic rings. The second-order valence-electron chi connectivity index (χ2n) is 3.96. The van der Waals surface area contributed by atoms with Crippen molar-refractivity contribution in [3.05, 3.63) is 0 Å². The molecule has 0 saturated carbocycles. The molecule has 17 heavy (non-hydrogen) atoms. The van der Waals surface area contributed by atoms with E-state index in [0.717, 1.165) is 6.42 Å². The van der Waals surface area contributed by atoms with E-state index in [1.165, 1.54) is 0 Å². The molecule has 4 nitrogen and oxygen atoms in total. The first-order valence-electron chi connectivity index (χ1n) is 6.29. The van der Waals surface area contributed by atoms with Gasteiger partial charge in [0.1, 0.15) is 0 Å². The summed E-state index contributed by atoms with van der Waals surface area (Å²) in [4.78, 5) is 21.1. The third-order valence-electron chi connectivity index (χ3n) is 1.64. The maximum atomic E-state index is 10.6. The molecular weight excluding hydrogens is 220 g/mol.